The monoisotopic (exact) mass is 423 g/mol. The average Bonchev–Trinajstić information content (AvgIpc) is 3.38. The number of carboxylic acid groups (broad SMARTS) is 1. The molecule has 0 saturated carbocycles. The van der Waals surface area contributed by atoms with Crippen LogP contribution in [0.5, 0.6) is 5.75 Å². The summed E-state index contributed by atoms with van der Waals surface area (Å²) in [5, 5.41) is 15.9. The molecule has 1 unspecified atom stereocenters. The molecule has 7 nitrogen and oxygen atoms in total. The molecule has 1 saturated heterocycles. The van der Waals surface area contributed by atoms with E-state index in [2.05, 4.69) is 10.1 Å². The fourth-order valence-corrected chi connectivity index (χ4v) is 4.62. The first kappa shape index (κ1) is 19.6. The third-order valence-electron chi connectivity index (χ3n) is 6.19. The van der Waals surface area contributed by atoms with Gasteiger partial charge in [-0.05, 0) is 56.3 Å². The summed E-state index contributed by atoms with van der Waals surface area (Å²) in [6, 6.07) is 9.29. The van der Waals surface area contributed by atoms with Gasteiger partial charge >= 0.3 is 5.97 Å². The summed E-state index contributed by atoms with van der Waals surface area (Å²) in [7, 11) is 1.59. The van der Waals surface area contributed by atoms with E-state index in [1.165, 1.54) is 12.1 Å². The highest BCUT2D eigenvalue weighted by Crippen LogP contribution is 2.37. The summed E-state index contributed by atoms with van der Waals surface area (Å²) >= 11 is 0. The Morgan fingerprint density at radius 1 is 1.26 bits per heavy atom. The largest absolute Gasteiger partial charge is 0.497 e. The van der Waals surface area contributed by atoms with Crippen molar-refractivity contribution in [2.24, 2.45) is 0 Å². The highest BCUT2D eigenvalue weighted by molar-refractivity contribution is 5.90. The van der Waals surface area contributed by atoms with E-state index in [1.54, 1.807) is 19.4 Å². The molecule has 2 aromatic carbocycles. The minimum Gasteiger partial charge on any atom is -0.497 e. The quantitative estimate of drug-likeness (QED) is 0.492. The van der Waals surface area contributed by atoms with Crippen LogP contribution in [0.25, 0.3) is 21.9 Å². The molecule has 31 heavy (non-hydrogen) atoms. The number of carboxylic acids is 1. The Morgan fingerprint density at radius 3 is 2.81 bits per heavy atom. The van der Waals surface area contributed by atoms with Crippen molar-refractivity contribution in [3.63, 3.8) is 0 Å². The molecular formula is C23H22FN3O4. The number of carbonyl (C=O) groups is 1. The molecule has 1 aliphatic heterocycles. The molecule has 1 fully saturated rings. The second-order valence-electron chi connectivity index (χ2n) is 7.91. The number of hydrogen-bond acceptors (Lipinski definition) is 5. The standard InChI is InChI=1S/C23H22FN3O4/c1-30-15-3-5-19-17(11-15)18(12-25-19)22(23(28)29)27-8-6-13(7-9-27)21-16-4-2-14(24)10-20(16)31-26-21/h2-5,10-13,22,25H,6-9H2,1H3,(H,28,29). The molecule has 0 amide bonds. The molecule has 2 aromatic heterocycles. The predicted octanol–water partition coefficient (Wildman–Crippen LogP) is 4.46. The minimum absolute atomic E-state index is 0.139. The molecule has 4 aromatic rings. The van der Waals surface area contributed by atoms with Crippen molar-refractivity contribution in [1.82, 2.24) is 15.0 Å². The molecule has 0 radical (unpaired) electrons. The number of benzene rings is 2. The van der Waals surface area contributed by atoms with Gasteiger partial charge in [0.2, 0.25) is 0 Å². The molecule has 3 heterocycles. The topological polar surface area (TPSA) is 91.6 Å². The number of hydrogen-bond donors (Lipinski definition) is 2. The van der Waals surface area contributed by atoms with Gasteiger partial charge in [0.25, 0.3) is 0 Å². The first-order chi connectivity index (χ1) is 15.0. The number of nitrogens with zero attached hydrogens (tertiary/aromatic N) is 2. The lowest BCUT2D eigenvalue weighted by Gasteiger charge is -2.35. The number of ether oxygens (including phenoxy) is 1. The van der Waals surface area contributed by atoms with Gasteiger partial charge in [-0.25, -0.2) is 4.39 Å². The molecule has 160 valence electrons. The second-order valence-corrected chi connectivity index (χ2v) is 7.91. The minimum atomic E-state index is -0.885. The van der Waals surface area contributed by atoms with Crippen molar-refractivity contribution in [2.45, 2.75) is 24.8 Å². The number of methoxy groups -OCH3 is 1. The number of nitrogens with one attached hydrogen (secondary N) is 1. The van der Waals surface area contributed by atoms with Crippen LogP contribution >= 0.6 is 0 Å². The maximum Gasteiger partial charge on any atom is 0.325 e. The molecule has 1 aliphatic rings. The Balaban J connectivity index is 1.40. The van der Waals surface area contributed by atoms with Crippen LogP contribution in [-0.4, -0.2) is 46.3 Å². The summed E-state index contributed by atoms with van der Waals surface area (Å²) in [4.78, 5) is 17.4. The molecule has 5 rings (SSSR count). The van der Waals surface area contributed by atoms with Crippen molar-refractivity contribution in [1.29, 1.82) is 0 Å². The predicted molar refractivity (Wildman–Crippen MR) is 113 cm³/mol. The van der Waals surface area contributed by atoms with Gasteiger partial charge in [0.15, 0.2) is 5.58 Å². The van der Waals surface area contributed by atoms with Crippen molar-refractivity contribution < 1.29 is 23.6 Å². The Labute approximate surface area is 177 Å². The summed E-state index contributed by atoms with van der Waals surface area (Å²) in [5.41, 5.74) is 2.85. The molecular weight excluding hydrogens is 401 g/mol. The van der Waals surface area contributed by atoms with E-state index in [0.717, 1.165) is 40.4 Å². The second kappa shape index (κ2) is 7.70. The Hall–Kier alpha value is -3.39. The van der Waals surface area contributed by atoms with Crippen LogP contribution in [0.1, 0.15) is 36.1 Å². The van der Waals surface area contributed by atoms with Crippen molar-refractivity contribution in [3.8, 4) is 5.75 Å². The van der Waals surface area contributed by atoms with Crippen LogP contribution < -0.4 is 4.74 Å². The van der Waals surface area contributed by atoms with E-state index in [0.29, 0.717) is 24.4 Å². The summed E-state index contributed by atoms with van der Waals surface area (Å²) < 4.78 is 24.1. The fourth-order valence-electron chi connectivity index (χ4n) is 4.62. The molecule has 8 heteroatoms. The highest BCUT2D eigenvalue weighted by Gasteiger charge is 2.34. The Bertz CT molecular complexity index is 1260. The van der Waals surface area contributed by atoms with Gasteiger partial charge in [-0.1, -0.05) is 5.16 Å². The first-order valence-electron chi connectivity index (χ1n) is 10.2. The maximum absolute atomic E-state index is 13.4. The Kier molecular flexibility index (Phi) is 4.86. The van der Waals surface area contributed by atoms with Crippen LogP contribution in [-0.2, 0) is 4.79 Å². The zero-order valence-electron chi connectivity index (χ0n) is 17.0. The van der Waals surface area contributed by atoms with Crippen LogP contribution in [0.3, 0.4) is 0 Å². The van der Waals surface area contributed by atoms with Gasteiger partial charge in [0.05, 0.1) is 12.8 Å². The van der Waals surface area contributed by atoms with E-state index in [-0.39, 0.29) is 11.7 Å². The molecule has 1 atom stereocenters. The van der Waals surface area contributed by atoms with Crippen LogP contribution in [0.2, 0.25) is 0 Å². The summed E-state index contributed by atoms with van der Waals surface area (Å²) in [6.45, 7) is 1.21. The van der Waals surface area contributed by atoms with Gasteiger partial charge in [0.1, 0.15) is 17.6 Å². The lowest BCUT2D eigenvalue weighted by atomic mass is 9.90. The molecule has 0 aliphatic carbocycles. The summed E-state index contributed by atoms with van der Waals surface area (Å²) in [6.07, 6.45) is 3.26. The number of aromatic amines is 1. The number of rotatable bonds is 5. The van der Waals surface area contributed by atoms with Gasteiger partial charge in [0, 0.05) is 40.0 Å². The van der Waals surface area contributed by atoms with Gasteiger partial charge < -0.3 is 19.4 Å². The van der Waals surface area contributed by atoms with E-state index in [1.807, 2.05) is 23.1 Å². The molecule has 0 spiro atoms. The highest BCUT2D eigenvalue weighted by atomic mass is 19.1. The Morgan fingerprint density at radius 2 is 2.06 bits per heavy atom. The first-order valence-corrected chi connectivity index (χ1v) is 10.2. The number of likely N-dealkylation sites (tertiary alicyclic amines) is 1. The van der Waals surface area contributed by atoms with E-state index in [9.17, 15) is 14.3 Å². The fraction of sp³-hybridized carbons (Fsp3) is 0.304. The number of piperidine rings is 1. The van der Waals surface area contributed by atoms with Gasteiger partial charge in [-0.3, -0.25) is 9.69 Å². The SMILES string of the molecule is COc1ccc2[nH]cc(C(C(=O)O)N3CCC(c4noc5cc(F)ccc45)CC3)c2c1. The zero-order chi connectivity index (χ0) is 21.5. The molecule has 2 N–H and O–H groups in total. The normalized spacial score (nSPS) is 16.7. The number of H-pyrrole nitrogens is 1. The van der Waals surface area contributed by atoms with E-state index < -0.39 is 12.0 Å². The lowest BCUT2D eigenvalue weighted by molar-refractivity contribution is -0.144. The van der Waals surface area contributed by atoms with Crippen molar-refractivity contribution in [2.75, 3.05) is 20.2 Å². The van der Waals surface area contributed by atoms with Crippen molar-refractivity contribution >= 4 is 27.8 Å². The van der Waals surface area contributed by atoms with Crippen LogP contribution in [0.15, 0.2) is 47.1 Å². The van der Waals surface area contributed by atoms with Gasteiger partial charge in [-0.2, -0.15) is 0 Å². The van der Waals surface area contributed by atoms with Gasteiger partial charge in [-0.15, -0.1) is 0 Å². The smallest absolute Gasteiger partial charge is 0.325 e. The van der Waals surface area contributed by atoms with Crippen LogP contribution in [0, 0.1) is 5.82 Å². The molecule has 0 bridgehead atoms. The summed E-state index contributed by atoms with van der Waals surface area (Å²) in [5.74, 6) is -0.416. The van der Waals surface area contributed by atoms with Crippen LogP contribution in [0.4, 0.5) is 4.39 Å². The lowest BCUT2D eigenvalue weighted by Crippen LogP contribution is -2.39. The third-order valence-corrected chi connectivity index (χ3v) is 6.19. The maximum atomic E-state index is 13.4. The zero-order valence-corrected chi connectivity index (χ0v) is 17.0. The number of aromatic nitrogens is 2. The van der Waals surface area contributed by atoms with Crippen molar-refractivity contribution in [3.05, 3.63) is 59.7 Å². The number of fused-ring (bicyclic) bond motifs is 2. The third kappa shape index (κ3) is 3.42. The number of aliphatic carboxylic acids is 1. The number of halogens is 1. The average molecular weight is 423 g/mol. The van der Waals surface area contributed by atoms with E-state index >= 15 is 0 Å². The van der Waals surface area contributed by atoms with E-state index in [4.69, 9.17) is 9.26 Å².